The number of rotatable bonds is 8. The molecular weight excluding hydrogens is 604 g/mol. The van der Waals surface area contributed by atoms with Crippen molar-refractivity contribution in [2.45, 2.75) is 31.3 Å². The number of hydrogen-bond donors (Lipinski definition) is 0. The molecule has 7 rings (SSSR count). The maximum atomic E-state index is 14.9. The second-order valence-electron chi connectivity index (χ2n) is 12.3. The summed E-state index contributed by atoms with van der Waals surface area (Å²) in [6.07, 6.45) is 3.49. The van der Waals surface area contributed by atoms with Crippen molar-refractivity contribution in [2.75, 3.05) is 44.7 Å². The standard InChI is InChI=1S/C37H36N8O3/c1-3-31(46)44-22-21-43(23-27(44)18-19-38)35-32-33(40-37(41-35)48-24-28-15-10-20-42(28)2)36(47)45(34(39-32)26-12-5-4-6-13-26)30-17-9-14-25-11-7-8-16-29(25)30/h3-9,11-14,16-17,27-28H,1,10,15,18,20-24H2,2H3. The molecule has 48 heavy (non-hydrogen) atoms. The zero-order chi connectivity index (χ0) is 33.2. The number of fused-ring (bicyclic) bond motifs is 2. The first-order valence-corrected chi connectivity index (χ1v) is 16.2. The SMILES string of the molecule is C=CC(=O)N1CCN(c2nc(OCC3CCCN3C)nc3c(=O)n(-c4cccc5ccccc45)c(-c4ccccc4)nc23)CC1CC#N. The van der Waals surface area contributed by atoms with Gasteiger partial charge in [-0.25, -0.2) is 4.98 Å². The second kappa shape index (κ2) is 13.3. The molecule has 2 aliphatic rings. The molecule has 2 fully saturated rings. The molecule has 0 spiro atoms. The summed E-state index contributed by atoms with van der Waals surface area (Å²) in [4.78, 5) is 48.2. The van der Waals surface area contributed by atoms with Gasteiger partial charge in [-0.1, -0.05) is 73.3 Å². The number of likely N-dealkylation sites (tertiary alicyclic amines) is 1. The average Bonchev–Trinajstić information content (AvgIpc) is 3.54. The first-order valence-electron chi connectivity index (χ1n) is 16.2. The molecule has 3 aromatic carbocycles. The Morgan fingerprint density at radius 1 is 0.979 bits per heavy atom. The first kappa shape index (κ1) is 31.0. The second-order valence-corrected chi connectivity index (χ2v) is 12.3. The van der Waals surface area contributed by atoms with Gasteiger partial charge in [-0.15, -0.1) is 0 Å². The molecule has 2 atom stereocenters. The number of anilines is 1. The van der Waals surface area contributed by atoms with Gasteiger partial charge in [0.1, 0.15) is 17.9 Å². The predicted octanol–water partition coefficient (Wildman–Crippen LogP) is 4.59. The number of benzene rings is 3. The topological polar surface area (TPSA) is 120 Å². The van der Waals surface area contributed by atoms with Gasteiger partial charge < -0.3 is 19.4 Å². The van der Waals surface area contributed by atoms with E-state index < -0.39 is 6.04 Å². The summed E-state index contributed by atoms with van der Waals surface area (Å²) < 4.78 is 7.87. The number of amides is 1. The van der Waals surface area contributed by atoms with E-state index >= 15 is 0 Å². The van der Waals surface area contributed by atoms with Gasteiger partial charge in [-0.05, 0) is 44.0 Å². The van der Waals surface area contributed by atoms with Crippen LogP contribution in [-0.4, -0.2) is 87.1 Å². The van der Waals surface area contributed by atoms with Crippen molar-refractivity contribution in [3.63, 3.8) is 0 Å². The van der Waals surface area contributed by atoms with Crippen molar-refractivity contribution in [1.82, 2.24) is 29.3 Å². The number of piperazine rings is 1. The van der Waals surface area contributed by atoms with Crippen LogP contribution in [0.25, 0.3) is 38.9 Å². The third kappa shape index (κ3) is 5.75. The lowest BCUT2D eigenvalue weighted by atomic mass is 10.1. The summed E-state index contributed by atoms with van der Waals surface area (Å²) in [5.41, 5.74) is 1.55. The third-order valence-corrected chi connectivity index (χ3v) is 9.36. The fourth-order valence-corrected chi connectivity index (χ4v) is 6.82. The van der Waals surface area contributed by atoms with E-state index in [9.17, 15) is 14.9 Å². The molecule has 0 radical (unpaired) electrons. The van der Waals surface area contributed by atoms with Gasteiger partial charge in [0.15, 0.2) is 11.3 Å². The smallest absolute Gasteiger partial charge is 0.319 e. The molecule has 0 aliphatic carbocycles. The summed E-state index contributed by atoms with van der Waals surface area (Å²) in [6, 6.07) is 25.5. The van der Waals surface area contributed by atoms with Gasteiger partial charge in [0.2, 0.25) is 5.91 Å². The van der Waals surface area contributed by atoms with Crippen molar-refractivity contribution in [2.24, 2.45) is 0 Å². The largest absolute Gasteiger partial charge is 0.462 e. The van der Waals surface area contributed by atoms with Crippen LogP contribution in [0, 0.1) is 11.3 Å². The van der Waals surface area contributed by atoms with Gasteiger partial charge in [0.25, 0.3) is 5.56 Å². The Bertz CT molecular complexity index is 2100. The van der Waals surface area contributed by atoms with E-state index in [1.807, 2.05) is 77.7 Å². The zero-order valence-corrected chi connectivity index (χ0v) is 26.8. The third-order valence-electron chi connectivity index (χ3n) is 9.36. The Kier molecular flexibility index (Phi) is 8.57. The van der Waals surface area contributed by atoms with Gasteiger partial charge in [0, 0.05) is 36.6 Å². The predicted molar refractivity (Wildman–Crippen MR) is 185 cm³/mol. The number of ether oxygens (including phenoxy) is 1. The summed E-state index contributed by atoms with van der Waals surface area (Å²) in [6.45, 7) is 6.10. The molecule has 242 valence electrons. The number of carbonyl (C=O) groups excluding carboxylic acids is 1. The molecule has 4 heterocycles. The minimum atomic E-state index is -0.402. The maximum Gasteiger partial charge on any atom is 0.319 e. The van der Waals surface area contributed by atoms with Crippen LogP contribution in [0.2, 0.25) is 0 Å². The number of nitrogens with zero attached hydrogens (tertiary/aromatic N) is 8. The Labute approximate surface area is 278 Å². The Morgan fingerprint density at radius 3 is 2.54 bits per heavy atom. The van der Waals surface area contributed by atoms with Crippen molar-refractivity contribution in [3.05, 3.63) is 95.8 Å². The molecule has 1 amide bonds. The molecule has 0 bridgehead atoms. The molecular formula is C37H36N8O3. The Morgan fingerprint density at radius 2 is 1.77 bits per heavy atom. The molecule has 2 aromatic heterocycles. The van der Waals surface area contributed by atoms with Crippen LogP contribution in [0.4, 0.5) is 5.82 Å². The fraction of sp³-hybridized carbons (Fsp3) is 0.297. The summed E-state index contributed by atoms with van der Waals surface area (Å²) in [5, 5.41) is 11.5. The molecule has 2 aliphatic heterocycles. The highest BCUT2D eigenvalue weighted by atomic mass is 16.5. The van der Waals surface area contributed by atoms with Crippen LogP contribution in [0.5, 0.6) is 6.01 Å². The lowest BCUT2D eigenvalue weighted by Gasteiger charge is -2.40. The van der Waals surface area contributed by atoms with Crippen LogP contribution in [0.1, 0.15) is 19.3 Å². The van der Waals surface area contributed by atoms with E-state index in [1.54, 1.807) is 9.47 Å². The Balaban J connectivity index is 1.45. The highest BCUT2D eigenvalue weighted by Gasteiger charge is 2.33. The highest BCUT2D eigenvalue weighted by molar-refractivity contribution is 5.93. The van der Waals surface area contributed by atoms with Gasteiger partial charge in [-0.2, -0.15) is 15.2 Å². The lowest BCUT2D eigenvalue weighted by Crippen LogP contribution is -2.55. The number of hydrogen-bond acceptors (Lipinski definition) is 9. The number of likely N-dealkylation sites (N-methyl/N-ethyl adjacent to an activating group) is 1. The van der Waals surface area contributed by atoms with E-state index in [1.165, 1.54) is 6.08 Å². The monoisotopic (exact) mass is 640 g/mol. The van der Waals surface area contributed by atoms with Crippen molar-refractivity contribution in [3.8, 4) is 29.2 Å². The van der Waals surface area contributed by atoms with E-state index in [4.69, 9.17) is 19.7 Å². The number of nitriles is 1. The minimum absolute atomic E-state index is 0.0926. The molecule has 0 saturated carbocycles. The highest BCUT2D eigenvalue weighted by Crippen LogP contribution is 2.31. The van der Waals surface area contributed by atoms with Crippen molar-refractivity contribution < 1.29 is 9.53 Å². The average molecular weight is 641 g/mol. The first-order chi connectivity index (χ1) is 23.5. The van der Waals surface area contributed by atoms with Crippen LogP contribution in [-0.2, 0) is 4.79 Å². The number of aromatic nitrogens is 4. The van der Waals surface area contributed by atoms with Crippen molar-refractivity contribution in [1.29, 1.82) is 5.26 Å². The van der Waals surface area contributed by atoms with Gasteiger partial charge in [-0.3, -0.25) is 14.2 Å². The minimum Gasteiger partial charge on any atom is -0.462 e. The van der Waals surface area contributed by atoms with E-state index in [-0.39, 0.29) is 35.5 Å². The quantitative estimate of drug-likeness (QED) is 0.224. The fourth-order valence-electron chi connectivity index (χ4n) is 6.82. The summed E-state index contributed by atoms with van der Waals surface area (Å²) in [7, 11) is 2.07. The van der Waals surface area contributed by atoms with E-state index in [0.29, 0.717) is 49.1 Å². The molecule has 11 nitrogen and oxygen atoms in total. The van der Waals surface area contributed by atoms with Gasteiger partial charge in [0.05, 0.1) is 24.2 Å². The molecule has 5 aromatic rings. The lowest BCUT2D eigenvalue weighted by molar-refractivity contribution is -0.128. The zero-order valence-electron chi connectivity index (χ0n) is 26.8. The molecule has 2 saturated heterocycles. The number of carbonyl (C=O) groups is 1. The Hall–Kier alpha value is -5.60. The van der Waals surface area contributed by atoms with E-state index in [2.05, 4.69) is 24.6 Å². The molecule has 0 N–H and O–H groups in total. The maximum absolute atomic E-state index is 14.9. The van der Waals surface area contributed by atoms with Crippen LogP contribution in [0.3, 0.4) is 0 Å². The molecule has 11 heteroatoms. The van der Waals surface area contributed by atoms with Crippen LogP contribution >= 0.6 is 0 Å². The van der Waals surface area contributed by atoms with Crippen molar-refractivity contribution >= 4 is 33.5 Å². The summed E-state index contributed by atoms with van der Waals surface area (Å²) >= 11 is 0. The van der Waals surface area contributed by atoms with Crippen LogP contribution in [0.15, 0.2) is 90.2 Å². The molecule has 2 unspecified atom stereocenters. The normalized spacial score (nSPS) is 18.2. The van der Waals surface area contributed by atoms with Gasteiger partial charge >= 0.3 is 6.01 Å². The van der Waals surface area contributed by atoms with Crippen LogP contribution < -0.4 is 15.2 Å². The summed E-state index contributed by atoms with van der Waals surface area (Å²) in [5.74, 6) is 0.655. The van der Waals surface area contributed by atoms with E-state index in [0.717, 1.165) is 35.7 Å².